The van der Waals surface area contributed by atoms with Crippen molar-refractivity contribution in [3.8, 4) is 0 Å². The molecule has 7 aromatic rings. The second kappa shape index (κ2) is 13.7. The highest BCUT2D eigenvalue weighted by molar-refractivity contribution is 7.00. The molecule has 0 bridgehead atoms. The third kappa shape index (κ3) is 5.38. The largest absolute Gasteiger partial charge is 0.456 e. The smallest absolute Gasteiger partial charge is 0.252 e. The average Bonchev–Trinajstić information content (AvgIpc) is 3.83. The summed E-state index contributed by atoms with van der Waals surface area (Å²) in [6.45, 7) is 34.3. The predicted octanol–water partition coefficient (Wildman–Crippen LogP) is 15.5. The molecule has 2 saturated carbocycles. The summed E-state index contributed by atoms with van der Waals surface area (Å²) in [5.41, 5.74) is 27.0. The van der Waals surface area contributed by atoms with Crippen molar-refractivity contribution in [3.05, 3.63) is 129 Å². The molecule has 4 atom stereocenters. The van der Waals surface area contributed by atoms with E-state index in [0.717, 1.165) is 17.6 Å². The van der Waals surface area contributed by atoms with Crippen LogP contribution in [0.25, 0.3) is 21.9 Å². The zero-order chi connectivity index (χ0) is 48.3. The van der Waals surface area contributed by atoms with E-state index in [2.05, 4.69) is 197 Å². The highest BCUT2D eigenvalue weighted by atomic mass is 16.3. The SMILES string of the molecule is Cc1cc(C)c2c3c1B1c4cc5c(cc4N(c4c(C)cc(C(C)(C)C)cc4C)c4cc(N6c7ccc(C(C)(C)C)cc7C7(C)CCCCC67C)cc(c41)N3C1(C)CCCCC21C)oc1ccccc15. The van der Waals surface area contributed by atoms with E-state index in [0.29, 0.717) is 0 Å². The number of rotatable bonds is 2. The summed E-state index contributed by atoms with van der Waals surface area (Å²) in [7, 11) is 0. The zero-order valence-corrected chi connectivity index (χ0v) is 44.1. The maximum absolute atomic E-state index is 6.89. The van der Waals surface area contributed by atoms with Gasteiger partial charge in [0.2, 0.25) is 0 Å². The summed E-state index contributed by atoms with van der Waals surface area (Å²) < 4.78 is 6.89. The lowest BCUT2D eigenvalue weighted by atomic mass is 9.32. The lowest BCUT2D eigenvalue weighted by Crippen LogP contribution is -2.65. The summed E-state index contributed by atoms with van der Waals surface area (Å²) in [6.07, 6.45) is 9.77. The first kappa shape index (κ1) is 43.6. The number of hydrogen-bond acceptors (Lipinski definition) is 4. The zero-order valence-electron chi connectivity index (χ0n) is 44.1. The van der Waals surface area contributed by atoms with Gasteiger partial charge in [0.25, 0.3) is 6.71 Å². The molecule has 2 fully saturated rings. The third-order valence-corrected chi connectivity index (χ3v) is 19.9. The Labute approximate surface area is 412 Å². The first-order valence-electron chi connectivity index (χ1n) is 26.6. The topological polar surface area (TPSA) is 22.9 Å². The monoisotopic (exact) mass is 910 g/mol. The number of aryl methyl sites for hydroxylation is 4. The maximum atomic E-state index is 6.89. The van der Waals surface area contributed by atoms with Crippen molar-refractivity contribution in [2.24, 2.45) is 0 Å². The van der Waals surface area contributed by atoms with Gasteiger partial charge in [-0.1, -0.05) is 141 Å². The Bertz CT molecular complexity index is 3390. The molecule has 4 unspecified atom stereocenters. The molecule has 1 aromatic heterocycles. The molecule has 4 nitrogen and oxygen atoms in total. The average molecular weight is 910 g/mol. The van der Waals surface area contributed by atoms with E-state index >= 15 is 0 Å². The van der Waals surface area contributed by atoms with Gasteiger partial charge >= 0.3 is 0 Å². The quantitative estimate of drug-likeness (QED) is 0.161. The Hall–Kier alpha value is -5.42. The van der Waals surface area contributed by atoms with Gasteiger partial charge in [-0.3, -0.25) is 0 Å². The van der Waals surface area contributed by atoms with E-state index in [1.165, 1.54) is 151 Å². The van der Waals surface area contributed by atoms with E-state index in [1.54, 1.807) is 5.56 Å². The molecule has 0 radical (unpaired) electrons. The second-order valence-corrected chi connectivity index (χ2v) is 25.8. The van der Waals surface area contributed by atoms with Gasteiger partial charge < -0.3 is 19.1 Å². The summed E-state index contributed by atoms with van der Waals surface area (Å²) in [4.78, 5) is 8.55. The van der Waals surface area contributed by atoms with Gasteiger partial charge in [0, 0.05) is 61.8 Å². The summed E-state index contributed by atoms with van der Waals surface area (Å²) in [6, 6.07) is 34.1. The Balaban J connectivity index is 1.20. The van der Waals surface area contributed by atoms with E-state index in [9.17, 15) is 0 Å². The molecule has 69 heavy (non-hydrogen) atoms. The van der Waals surface area contributed by atoms with Gasteiger partial charge in [-0.2, -0.15) is 0 Å². The fourth-order valence-electron chi connectivity index (χ4n) is 15.9. The van der Waals surface area contributed by atoms with Crippen LogP contribution in [0.15, 0.2) is 89.3 Å². The van der Waals surface area contributed by atoms with Crippen LogP contribution in [0, 0.1) is 27.7 Å². The van der Waals surface area contributed by atoms with Crippen molar-refractivity contribution in [3.63, 3.8) is 0 Å². The highest BCUT2D eigenvalue weighted by Gasteiger charge is 2.63. The van der Waals surface area contributed by atoms with Gasteiger partial charge in [-0.15, -0.1) is 0 Å². The van der Waals surface area contributed by atoms with Crippen LogP contribution in [-0.2, 0) is 21.7 Å². The number of para-hydroxylation sites is 1. The standard InChI is InChI=1S/C64H72BN3O/c1-37-29-38(2)55-58-54(37)62(12)26-18-20-28-64(62,14)68(58)51-34-43(67-48-24-23-41(59(5,6)7)32-46(48)61(11)25-17-19-27-63(61,67)13)33-50-56(51)65(55)47-35-45-44-21-15-16-22-52(44)69-53(45)36-49(47)66(50)57-39(3)30-42(31-40(57)4)60(8,9)10/h15-16,21-24,29-36H,17-20,25-28H2,1-14H3. The summed E-state index contributed by atoms with van der Waals surface area (Å²) in [5.74, 6) is 0. The molecule has 2 aliphatic carbocycles. The van der Waals surface area contributed by atoms with Crippen LogP contribution in [0.1, 0.15) is 165 Å². The maximum Gasteiger partial charge on any atom is 0.252 e. The van der Waals surface area contributed by atoms with Crippen molar-refractivity contribution in [1.82, 2.24) is 0 Å². The Morgan fingerprint density at radius 3 is 1.84 bits per heavy atom. The first-order valence-corrected chi connectivity index (χ1v) is 26.6. The lowest BCUT2D eigenvalue weighted by molar-refractivity contribution is 0.193. The van der Waals surface area contributed by atoms with Crippen molar-refractivity contribution in [2.75, 3.05) is 14.7 Å². The van der Waals surface area contributed by atoms with E-state index in [1.807, 2.05) is 0 Å². The predicted molar refractivity (Wildman–Crippen MR) is 295 cm³/mol. The molecule has 13 rings (SSSR count). The molecule has 0 amide bonds. The molecule has 352 valence electrons. The van der Waals surface area contributed by atoms with Crippen molar-refractivity contribution in [1.29, 1.82) is 0 Å². The fourth-order valence-corrected chi connectivity index (χ4v) is 15.9. The first-order chi connectivity index (χ1) is 32.6. The number of anilines is 7. The normalized spacial score (nSPS) is 25.5. The molecule has 0 N–H and O–H groups in total. The van der Waals surface area contributed by atoms with Crippen molar-refractivity contribution in [2.45, 2.75) is 181 Å². The summed E-state index contributed by atoms with van der Waals surface area (Å²) in [5, 5.41) is 2.39. The highest BCUT2D eigenvalue weighted by Crippen LogP contribution is 2.65. The van der Waals surface area contributed by atoms with Crippen LogP contribution in [0.3, 0.4) is 0 Å². The molecule has 5 heterocycles. The molecular formula is C64H72BN3O. The Morgan fingerprint density at radius 2 is 1.14 bits per heavy atom. The number of hydrogen-bond donors (Lipinski definition) is 0. The van der Waals surface area contributed by atoms with Gasteiger partial charge in [0.15, 0.2) is 0 Å². The molecule has 0 spiro atoms. The van der Waals surface area contributed by atoms with Crippen molar-refractivity contribution < 1.29 is 4.42 Å². The Kier molecular flexibility index (Phi) is 8.66. The minimum absolute atomic E-state index is 0.00220. The molecule has 0 saturated heterocycles. The van der Waals surface area contributed by atoms with Crippen LogP contribution < -0.4 is 31.1 Å². The number of furan rings is 1. The van der Waals surface area contributed by atoms with Crippen LogP contribution in [0.2, 0.25) is 0 Å². The molecule has 5 heteroatoms. The minimum atomic E-state index is -0.109. The van der Waals surface area contributed by atoms with E-state index in [-0.39, 0.29) is 39.5 Å². The van der Waals surface area contributed by atoms with Gasteiger partial charge in [0.05, 0.1) is 16.8 Å². The number of nitrogens with zero attached hydrogens (tertiary/aromatic N) is 3. The Morgan fingerprint density at radius 1 is 0.507 bits per heavy atom. The van der Waals surface area contributed by atoms with Crippen LogP contribution in [0.5, 0.6) is 0 Å². The van der Waals surface area contributed by atoms with Crippen LogP contribution in [0.4, 0.5) is 39.8 Å². The molecular weight excluding hydrogens is 838 g/mol. The van der Waals surface area contributed by atoms with E-state index < -0.39 is 0 Å². The van der Waals surface area contributed by atoms with Gasteiger partial charge in [-0.25, -0.2) is 0 Å². The third-order valence-electron chi connectivity index (χ3n) is 19.9. The summed E-state index contributed by atoms with van der Waals surface area (Å²) >= 11 is 0. The van der Waals surface area contributed by atoms with Gasteiger partial charge in [0.1, 0.15) is 11.2 Å². The second-order valence-electron chi connectivity index (χ2n) is 25.8. The van der Waals surface area contributed by atoms with Crippen LogP contribution in [-0.4, -0.2) is 17.8 Å². The molecule has 6 aliphatic rings. The minimum Gasteiger partial charge on any atom is -0.456 e. The van der Waals surface area contributed by atoms with E-state index in [4.69, 9.17) is 4.42 Å². The fraction of sp³-hybridized carbons (Fsp3) is 0.438. The lowest BCUT2D eigenvalue weighted by Gasteiger charge is -2.54. The number of fused-ring (bicyclic) bond motifs is 13. The van der Waals surface area contributed by atoms with Crippen LogP contribution >= 0.6 is 0 Å². The van der Waals surface area contributed by atoms with Crippen molar-refractivity contribution >= 4 is 84.9 Å². The number of benzene rings is 6. The molecule has 6 aromatic carbocycles. The molecule has 4 aliphatic heterocycles. The van der Waals surface area contributed by atoms with Gasteiger partial charge in [-0.05, 0) is 158 Å².